The normalized spacial score (nSPS) is 11.2. The van der Waals surface area contributed by atoms with E-state index in [0.29, 0.717) is 5.69 Å². The Kier molecular flexibility index (Phi) is 3.47. The Balaban J connectivity index is 2.78. The Morgan fingerprint density at radius 2 is 2.00 bits per heavy atom. The predicted octanol–water partition coefficient (Wildman–Crippen LogP) is 1.24. The van der Waals surface area contributed by atoms with Crippen LogP contribution in [0.25, 0.3) is 0 Å². The number of hydrogen-bond acceptors (Lipinski definition) is 4. The summed E-state index contributed by atoms with van der Waals surface area (Å²) < 4.78 is 0. The third-order valence-corrected chi connectivity index (χ3v) is 2.02. The number of rotatable bonds is 3. The first-order valence-corrected chi connectivity index (χ1v) is 5.17. The largest absolute Gasteiger partial charge is 0.382 e. The molecule has 1 rings (SSSR count). The summed E-state index contributed by atoms with van der Waals surface area (Å²) in [4.78, 5) is 10.3. The molecule has 0 amide bonds. The van der Waals surface area contributed by atoms with Gasteiger partial charge >= 0.3 is 0 Å². The average molecular weight is 221 g/mol. The Bertz CT molecular complexity index is 363. The summed E-state index contributed by atoms with van der Waals surface area (Å²) in [6, 6.07) is 0. The highest BCUT2D eigenvalue weighted by Crippen LogP contribution is 2.17. The fraction of sp³-hybridized carbons (Fsp3) is 0.545. The van der Waals surface area contributed by atoms with Crippen LogP contribution < -0.4 is 10.6 Å². The second kappa shape index (κ2) is 4.47. The zero-order valence-corrected chi connectivity index (χ0v) is 10.3. The van der Waals surface area contributed by atoms with Gasteiger partial charge in [-0.2, -0.15) is 0 Å². The van der Waals surface area contributed by atoms with Crippen molar-refractivity contribution in [2.45, 2.75) is 20.8 Å². The van der Waals surface area contributed by atoms with Crippen LogP contribution in [0.3, 0.4) is 0 Å². The van der Waals surface area contributed by atoms with E-state index in [4.69, 9.17) is 11.1 Å². The van der Waals surface area contributed by atoms with Crippen molar-refractivity contribution in [3.63, 3.8) is 0 Å². The highest BCUT2D eigenvalue weighted by Gasteiger charge is 2.14. The summed E-state index contributed by atoms with van der Waals surface area (Å²) in [7, 11) is 1.97. The molecule has 0 aliphatic carbocycles. The van der Waals surface area contributed by atoms with E-state index >= 15 is 0 Å². The highest BCUT2D eigenvalue weighted by atomic mass is 15.2. The van der Waals surface area contributed by atoms with Crippen LogP contribution in [-0.4, -0.2) is 29.4 Å². The lowest BCUT2D eigenvalue weighted by Crippen LogP contribution is -2.30. The molecule has 0 aliphatic rings. The van der Waals surface area contributed by atoms with Crippen molar-refractivity contribution < 1.29 is 0 Å². The Morgan fingerprint density at radius 1 is 1.38 bits per heavy atom. The first-order valence-electron chi connectivity index (χ1n) is 5.17. The second-order valence-electron chi connectivity index (χ2n) is 5.09. The standard InChI is InChI=1S/C11H19N5/c1-11(2,3)7-16(4)9-6-14-8(5-15-9)10(12)13/h5-6H,7H2,1-4H3,(H3,12,13). The van der Waals surface area contributed by atoms with Crippen LogP contribution in [0.4, 0.5) is 5.82 Å². The Hall–Kier alpha value is -1.65. The number of nitrogens with one attached hydrogen (secondary N) is 1. The minimum Gasteiger partial charge on any atom is -0.382 e. The first kappa shape index (κ1) is 12.4. The van der Waals surface area contributed by atoms with Crippen molar-refractivity contribution in [1.82, 2.24) is 9.97 Å². The Morgan fingerprint density at radius 3 is 2.38 bits per heavy atom. The molecule has 5 heteroatoms. The monoisotopic (exact) mass is 221 g/mol. The molecule has 0 saturated carbocycles. The fourth-order valence-corrected chi connectivity index (χ4v) is 1.45. The average Bonchev–Trinajstić information content (AvgIpc) is 2.15. The van der Waals surface area contributed by atoms with E-state index < -0.39 is 0 Å². The number of amidine groups is 1. The minimum absolute atomic E-state index is 0.0578. The van der Waals surface area contributed by atoms with E-state index in [0.717, 1.165) is 12.4 Å². The van der Waals surface area contributed by atoms with Crippen molar-refractivity contribution in [2.75, 3.05) is 18.5 Å². The number of hydrogen-bond donors (Lipinski definition) is 2. The molecule has 0 aliphatic heterocycles. The Labute approximate surface area is 96.2 Å². The molecule has 1 aromatic rings. The lowest BCUT2D eigenvalue weighted by Gasteiger charge is -2.27. The zero-order chi connectivity index (χ0) is 12.3. The van der Waals surface area contributed by atoms with E-state index in [2.05, 4.69) is 30.7 Å². The molecule has 0 fully saturated rings. The maximum Gasteiger partial charge on any atom is 0.146 e. The van der Waals surface area contributed by atoms with Gasteiger partial charge in [0.15, 0.2) is 0 Å². The lowest BCUT2D eigenvalue weighted by atomic mass is 9.96. The van der Waals surface area contributed by atoms with Gasteiger partial charge < -0.3 is 10.6 Å². The molecule has 0 atom stereocenters. The summed E-state index contributed by atoms with van der Waals surface area (Å²) in [5, 5.41) is 7.22. The number of aromatic nitrogens is 2. The molecule has 0 bridgehead atoms. The summed E-state index contributed by atoms with van der Waals surface area (Å²) >= 11 is 0. The van der Waals surface area contributed by atoms with Crippen LogP contribution in [0, 0.1) is 10.8 Å². The molecule has 0 aromatic carbocycles. The third-order valence-electron chi connectivity index (χ3n) is 2.02. The van der Waals surface area contributed by atoms with Crippen LogP contribution in [-0.2, 0) is 0 Å². The zero-order valence-electron chi connectivity index (χ0n) is 10.3. The smallest absolute Gasteiger partial charge is 0.146 e. The molecule has 0 spiro atoms. The summed E-state index contributed by atoms with van der Waals surface area (Å²) in [6.07, 6.45) is 3.17. The van der Waals surface area contributed by atoms with Gasteiger partial charge in [0, 0.05) is 13.6 Å². The fourth-order valence-electron chi connectivity index (χ4n) is 1.45. The molecular formula is C11H19N5. The molecule has 88 valence electrons. The van der Waals surface area contributed by atoms with Crippen LogP contribution in [0.2, 0.25) is 0 Å². The van der Waals surface area contributed by atoms with Crippen molar-refractivity contribution in [3.8, 4) is 0 Å². The van der Waals surface area contributed by atoms with Gasteiger partial charge in [0.25, 0.3) is 0 Å². The number of nitrogens with zero attached hydrogens (tertiary/aromatic N) is 3. The topological polar surface area (TPSA) is 78.9 Å². The molecule has 1 aromatic heterocycles. The third kappa shape index (κ3) is 3.49. The molecule has 16 heavy (non-hydrogen) atoms. The van der Waals surface area contributed by atoms with E-state index in [-0.39, 0.29) is 11.3 Å². The second-order valence-corrected chi connectivity index (χ2v) is 5.09. The van der Waals surface area contributed by atoms with Crippen molar-refractivity contribution in [2.24, 2.45) is 11.1 Å². The molecule has 0 saturated heterocycles. The van der Waals surface area contributed by atoms with Crippen molar-refractivity contribution in [3.05, 3.63) is 18.1 Å². The van der Waals surface area contributed by atoms with Gasteiger partial charge in [-0.3, -0.25) is 5.41 Å². The molecule has 5 nitrogen and oxygen atoms in total. The number of anilines is 1. The molecule has 1 heterocycles. The summed E-state index contributed by atoms with van der Waals surface area (Å²) in [5.41, 5.74) is 5.92. The summed E-state index contributed by atoms with van der Waals surface area (Å²) in [6.45, 7) is 7.39. The van der Waals surface area contributed by atoms with Crippen molar-refractivity contribution in [1.29, 1.82) is 5.41 Å². The van der Waals surface area contributed by atoms with Gasteiger partial charge in [-0.1, -0.05) is 20.8 Å². The highest BCUT2D eigenvalue weighted by molar-refractivity contribution is 5.92. The van der Waals surface area contributed by atoms with Gasteiger partial charge in [-0.15, -0.1) is 0 Å². The first-order chi connectivity index (χ1) is 7.29. The molecular weight excluding hydrogens is 202 g/mol. The lowest BCUT2D eigenvalue weighted by molar-refractivity contribution is 0.417. The van der Waals surface area contributed by atoms with Gasteiger partial charge in [-0.25, -0.2) is 9.97 Å². The van der Waals surface area contributed by atoms with Gasteiger partial charge in [-0.05, 0) is 5.41 Å². The molecule has 3 N–H and O–H groups in total. The summed E-state index contributed by atoms with van der Waals surface area (Å²) in [5.74, 6) is 0.734. The van der Waals surface area contributed by atoms with Crippen LogP contribution in [0.1, 0.15) is 26.5 Å². The minimum atomic E-state index is -0.0578. The quantitative estimate of drug-likeness (QED) is 0.594. The maximum atomic E-state index is 7.22. The van der Waals surface area contributed by atoms with E-state index in [1.54, 1.807) is 6.20 Å². The van der Waals surface area contributed by atoms with Gasteiger partial charge in [0.05, 0.1) is 12.4 Å². The molecule has 0 radical (unpaired) electrons. The van der Waals surface area contributed by atoms with E-state index in [1.807, 2.05) is 11.9 Å². The SMILES string of the molecule is CN(CC(C)(C)C)c1cnc(C(=N)N)cn1. The van der Waals surface area contributed by atoms with Crippen molar-refractivity contribution >= 4 is 11.7 Å². The van der Waals surface area contributed by atoms with E-state index in [9.17, 15) is 0 Å². The van der Waals surface area contributed by atoms with E-state index in [1.165, 1.54) is 6.20 Å². The van der Waals surface area contributed by atoms with Gasteiger partial charge in [0.1, 0.15) is 17.3 Å². The number of nitrogens with two attached hydrogens (primary N) is 1. The van der Waals surface area contributed by atoms with Crippen LogP contribution in [0.15, 0.2) is 12.4 Å². The predicted molar refractivity (Wildman–Crippen MR) is 65.8 cm³/mol. The van der Waals surface area contributed by atoms with Crippen LogP contribution in [0.5, 0.6) is 0 Å². The van der Waals surface area contributed by atoms with Crippen LogP contribution >= 0.6 is 0 Å². The van der Waals surface area contributed by atoms with Gasteiger partial charge in [0.2, 0.25) is 0 Å². The number of nitrogen functional groups attached to an aromatic ring is 1. The molecule has 0 unspecified atom stereocenters. The maximum absolute atomic E-state index is 7.22.